The van der Waals surface area contributed by atoms with Crippen molar-refractivity contribution in [2.24, 2.45) is 0 Å². The first-order chi connectivity index (χ1) is 3.15. The van der Waals surface area contributed by atoms with Crippen molar-refractivity contribution in [1.82, 2.24) is 0 Å². The molecule has 0 aliphatic carbocycles. The fourth-order valence-electron chi connectivity index (χ4n) is 0. The molecule has 0 saturated heterocycles. The predicted octanol–water partition coefficient (Wildman–Crippen LogP) is 1.84. The highest BCUT2D eigenvalue weighted by atomic mass is 16.4. The van der Waals surface area contributed by atoms with E-state index in [-0.39, 0.29) is 0 Å². The summed E-state index contributed by atoms with van der Waals surface area (Å²) in [4.78, 5) is 0. The minimum Gasteiger partial charge on any atom is -0.388 e. The summed E-state index contributed by atoms with van der Waals surface area (Å²) in [6.07, 6.45) is 0. The third-order valence-corrected chi connectivity index (χ3v) is 0. The van der Waals surface area contributed by atoms with E-state index < -0.39 is 0 Å². The van der Waals surface area contributed by atoms with Crippen LogP contribution in [0.25, 0.3) is 0 Å². The smallest absolute Gasteiger partial charge is 0.0351 e. The number of hydrogen-bond donors (Lipinski definition) is 0. The Labute approximate surface area is 46.0 Å². The Kier molecular flexibility index (Phi) is 12.9. The van der Waals surface area contributed by atoms with Gasteiger partial charge in [-0.2, -0.15) is 0 Å². The number of methoxy groups -OCH3 is 1. The van der Waals surface area contributed by atoms with E-state index in [2.05, 4.69) is 11.3 Å². The third-order valence-electron chi connectivity index (χ3n) is 0. The average molecular weight is 102 g/mol. The van der Waals surface area contributed by atoms with Crippen LogP contribution < -0.4 is 0 Å². The van der Waals surface area contributed by atoms with Gasteiger partial charge < -0.3 is 4.74 Å². The first kappa shape index (κ1) is 9.85. The second-order valence-electron chi connectivity index (χ2n) is 1.62. The number of hydrogen-bond acceptors (Lipinski definition) is 1. The highest BCUT2D eigenvalue weighted by Gasteiger charge is 1.51. The van der Waals surface area contributed by atoms with Crippen LogP contribution in [0.3, 0.4) is 0 Å². The molecule has 1 heteroatoms. The lowest BCUT2D eigenvalue weighted by Crippen LogP contribution is -1.55. The van der Waals surface area contributed by atoms with Gasteiger partial charge >= 0.3 is 0 Å². The first-order valence-electron chi connectivity index (χ1n) is 2.17. The van der Waals surface area contributed by atoms with Crippen molar-refractivity contribution in [3.8, 4) is 0 Å². The molecule has 0 aliphatic rings. The number of rotatable bonds is 0. The highest BCUT2D eigenvalue weighted by molar-refractivity contribution is 4.78. The first-order valence-corrected chi connectivity index (χ1v) is 2.17. The summed E-state index contributed by atoms with van der Waals surface area (Å²) in [6, 6.07) is 0. The predicted molar refractivity (Wildman–Crippen MR) is 33.4 cm³/mol. The number of allylic oxidation sites excluding steroid dienone is 1. The summed E-state index contributed by atoms with van der Waals surface area (Å²) in [5, 5.41) is 0. The summed E-state index contributed by atoms with van der Waals surface area (Å²) in [7, 11) is 3.25. The highest BCUT2D eigenvalue weighted by Crippen LogP contribution is 1.73. The maximum absolute atomic E-state index is 4.25. The van der Waals surface area contributed by atoms with Gasteiger partial charge in [0.2, 0.25) is 0 Å². The maximum Gasteiger partial charge on any atom is 0.0351 e. The summed E-state index contributed by atoms with van der Waals surface area (Å²) in [6.45, 7) is 7.50. The Bertz CT molecular complexity index is 35.4. The fraction of sp³-hybridized carbons (Fsp3) is 0.667. The van der Waals surface area contributed by atoms with E-state index in [0.717, 1.165) is 0 Å². The van der Waals surface area contributed by atoms with Crippen molar-refractivity contribution in [1.29, 1.82) is 0 Å². The molecule has 0 rings (SSSR count). The van der Waals surface area contributed by atoms with Gasteiger partial charge in [0.15, 0.2) is 0 Å². The van der Waals surface area contributed by atoms with Gasteiger partial charge in [-0.1, -0.05) is 5.57 Å². The molecule has 1 nitrogen and oxygen atoms in total. The van der Waals surface area contributed by atoms with E-state index in [1.54, 1.807) is 14.2 Å². The van der Waals surface area contributed by atoms with Crippen molar-refractivity contribution in [3.63, 3.8) is 0 Å². The normalized spacial score (nSPS) is 6.29. The van der Waals surface area contributed by atoms with E-state index in [0.29, 0.717) is 0 Å². The largest absolute Gasteiger partial charge is 0.388 e. The second-order valence-corrected chi connectivity index (χ2v) is 1.62. The lowest BCUT2D eigenvalue weighted by Gasteiger charge is -1.65. The molecule has 0 atom stereocenters. The average Bonchev–Trinajstić information content (AvgIpc) is 1.33. The van der Waals surface area contributed by atoms with E-state index in [1.165, 1.54) is 5.57 Å². The molecule has 0 radical (unpaired) electrons. The Hall–Kier alpha value is -0.300. The summed E-state index contributed by atoms with van der Waals surface area (Å²) in [5.41, 5.74) is 1.17. The Balaban J connectivity index is 0. The molecule has 0 aromatic rings. The zero-order chi connectivity index (χ0) is 6.28. The van der Waals surface area contributed by atoms with Crippen LogP contribution >= 0.6 is 0 Å². The van der Waals surface area contributed by atoms with Crippen LogP contribution in [0.1, 0.15) is 13.8 Å². The lowest BCUT2D eigenvalue weighted by molar-refractivity contribution is 0.277. The van der Waals surface area contributed by atoms with Gasteiger partial charge in [0.1, 0.15) is 0 Å². The SMILES string of the molecule is C=C(C)C.COC. The van der Waals surface area contributed by atoms with E-state index >= 15 is 0 Å². The van der Waals surface area contributed by atoms with Crippen LogP contribution in [0.4, 0.5) is 0 Å². The van der Waals surface area contributed by atoms with E-state index in [1.807, 2.05) is 13.8 Å². The molecule has 0 fully saturated rings. The van der Waals surface area contributed by atoms with Gasteiger partial charge in [-0.15, -0.1) is 6.58 Å². The molecule has 0 unspecified atom stereocenters. The van der Waals surface area contributed by atoms with Crippen molar-refractivity contribution >= 4 is 0 Å². The molecular weight excluding hydrogens is 88.1 g/mol. The van der Waals surface area contributed by atoms with Gasteiger partial charge in [0.05, 0.1) is 0 Å². The van der Waals surface area contributed by atoms with Crippen LogP contribution in [0.5, 0.6) is 0 Å². The lowest BCUT2D eigenvalue weighted by atomic mass is 10.4. The molecule has 0 amide bonds. The molecular formula is C6H14O. The van der Waals surface area contributed by atoms with Crippen LogP contribution in [0, 0.1) is 0 Å². The van der Waals surface area contributed by atoms with Gasteiger partial charge in [0, 0.05) is 14.2 Å². The van der Waals surface area contributed by atoms with Crippen molar-refractivity contribution in [3.05, 3.63) is 12.2 Å². The number of ether oxygens (including phenoxy) is 1. The molecule has 0 spiro atoms. The van der Waals surface area contributed by atoms with Crippen LogP contribution in [-0.4, -0.2) is 14.2 Å². The molecule has 0 heterocycles. The molecule has 0 saturated carbocycles. The molecule has 0 aromatic carbocycles. The van der Waals surface area contributed by atoms with Crippen LogP contribution in [-0.2, 0) is 4.74 Å². The van der Waals surface area contributed by atoms with E-state index in [9.17, 15) is 0 Å². The van der Waals surface area contributed by atoms with Gasteiger partial charge in [-0.25, -0.2) is 0 Å². The standard InChI is InChI=1S/C4H8.C2H6O/c1-4(2)3;1-3-2/h1H2,2-3H3;1-2H3. The van der Waals surface area contributed by atoms with Gasteiger partial charge in [-0.05, 0) is 13.8 Å². The molecule has 7 heavy (non-hydrogen) atoms. The third kappa shape index (κ3) is 867. The molecule has 0 bridgehead atoms. The van der Waals surface area contributed by atoms with Crippen molar-refractivity contribution < 1.29 is 4.74 Å². The maximum atomic E-state index is 4.25. The van der Waals surface area contributed by atoms with Crippen molar-refractivity contribution in [2.45, 2.75) is 13.8 Å². The molecule has 44 valence electrons. The monoisotopic (exact) mass is 102 g/mol. The minimum atomic E-state index is 1.17. The quantitative estimate of drug-likeness (QED) is 0.424. The summed E-state index contributed by atoms with van der Waals surface area (Å²) < 4.78 is 4.25. The Morgan fingerprint density at radius 3 is 1.29 bits per heavy atom. The topological polar surface area (TPSA) is 9.23 Å². The van der Waals surface area contributed by atoms with E-state index in [4.69, 9.17) is 0 Å². The minimum absolute atomic E-state index is 1.17. The Morgan fingerprint density at radius 2 is 1.29 bits per heavy atom. The zero-order valence-corrected chi connectivity index (χ0v) is 5.62. The van der Waals surface area contributed by atoms with Crippen molar-refractivity contribution in [2.75, 3.05) is 14.2 Å². The molecule has 0 aromatic heterocycles. The van der Waals surface area contributed by atoms with Crippen LogP contribution in [0.2, 0.25) is 0 Å². The summed E-state index contributed by atoms with van der Waals surface area (Å²) in [5.74, 6) is 0. The molecule has 0 N–H and O–H groups in total. The zero-order valence-electron chi connectivity index (χ0n) is 5.62. The Morgan fingerprint density at radius 1 is 1.29 bits per heavy atom. The van der Waals surface area contributed by atoms with Gasteiger partial charge in [-0.3, -0.25) is 0 Å². The molecule has 0 aliphatic heterocycles. The fourth-order valence-corrected chi connectivity index (χ4v) is 0. The summed E-state index contributed by atoms with van der Waals surface area (Å²) >= 11 is 0. The van der Waals surface area contributed by atoms with Crippen LogP contribution in [0.15, 0.2) is 12.2 Å². The second kappa shape index (κ2) is 9.20. The van der Waals surface area contributed by atoms with Gasteiger partial charge in [0.25, 0.3) is 0 Å².